The number of nitrogens with zero attached hydrogens (tertiary/aromatic N) is 2. The molecular formula is C6H9FN2O5. The number of halogens is 1. The molecule has 0 bridgehead atoms. The molecule has 0 aliphatic rings. The first-order valence-corrected chi connectivity index (χ1v) is 3.56. The number of hydrogen-bond acceptors (Lipinski definition) is 5. The summed E-state index contributed by atoms with van der Waals surface area (Å²) < 4.78 is 17.5. The minimum Gasteiger partial charge on any atom is -0.356 e. The van der Waals surface area contributed by atoms with E-state index in [0.29, 0.717) is 0 Å². The molecule has 0 saturated carbocycles. The molecule has 0 aliphatic carbocycles. The van der Waals surface area contributed by atoms with Crippen LogP contribution in [-0.2, 0) is 4.74 Å². The molecule has 0 heterocycles. The van der Waals surface area contributed by atoms with E-state index in [2.05, 4.69) is 11.3 Å². The van der Waals surface area contributed by atoms with Crippen LogP contribution in [0.5, 0.6) is 0 Å². The van der Waals surface area contributed by atoms with Crippen LogP contribution in [0.2, 0.25) is 0 Å². The molecule has 7 nitrogen and oxygen atoms in total. The first-order valence-electron chi connectivity index (χ1n) is 3.56. The lowest BCUT2D eigenvalue weighted by atomic mass is 10.4. The van der Waals surface area contributed by atoms with Crippen molar-refractivity contribution in [3.05, 3.63) is 32.9 Å². The van der Waals surface area contributed by atoms with Crippen LogP contribution in [0.4, 0.5) is 4.39 Å². The van der Waals surface area contributed by atoms with Gasteiger partial charge in [0.15, 0.2) is 0 Å². The zero-order chi connectivity index (χ0) is 11.4. The van der Waals surface area contributed by atoms with Crippen LogP contribution in [0.1, 0.15) is 6.92 Å². The van der Waals surface area contributed by atoms with Crippen molar-refractivity contribution in [1.29, 1.82) is 0 Å². The Morgan fingerprint density at radius 3 is 2.29 bits per heavy atom. The Bertz CT molecular complexity index is 243. The fourth-order valence-corrected chi connectivity index (χ4v) is 0.478. The third-order valence-corrected chi connectivity index (χ3v) is 1.42. The summed E-state index contributed by atoms with van der Waals surface area (Å²) in [6.07, 6.45) is 0.547. The van der Waals surface area contributed by atoms with Crippen molar-refractivity contribution in [3.63, 3.8) is 0 Å². The Balaban J connectivity index is 4.47. The van der Waals surface area contributed by atoms with Crippen molar-refractivity contribution in [2.75, 3.05) is 6.61 Å². The molecule has 0 saturated heterocycles. The minimum absolute atomic E-state index is 0.690. The van der Waals surface area contributed by atoms with Gasteiger partial charge in [0.05, 0.1) is 6.10 Å². The predicted octanol–water partition coefficient (Wildman–Crippen LogP) is 0.754. The van der Waals surface area contributed by atoms with Gasteiger partial charge in [-0.25, -0.2) is 0 Å². The van der Waals surface area contributed by atoms with Crippen molar-refractivity contribution < 1.29 is 19.0 Å². The molecule has 1 atom stereocenters. The van der Waals surface area contributed by atoms with Crippen molar-refractivity contribution in [3.8, 4) is 0 Å². The molecule has 0 radical (unpaired) electrons. The van der Waals surface area contributed by atoms with Gasteiger partial charge < -0.3 is 4.74 Å². The molecular weight excluding hydrogens is 199 g/mol. The maximum Gasteiger partial charge on any atom is 0.637 e. The number of alkyl halides is 1. The molecule has 0 amide bonds. The van der Waals surface area contributed by atoms with Gasteiger partial charge >= 0.3 is 5.92 Å². The van der Waals surface area contributed by atoms with Crippen LogP contribution in [-0.4, -0.2) is 28.5 Å². The zero-order valence-corrected chi connectivity index (χ0v) is 7.38. The summed E-state index contributed by atoms with van der Waals surface area (Å²) in [5, 5.41) is 20.1. The fraction of sp³-hybridized carbons (Fsp3) is 0.667. The van der Waals surface area contributed by atoms with Crippen molar-refractivity contribution in [2.45, 2.75) is 18.9 Å². The standard InChI is InChI=1S/C6H9FN2O5/c1-3-5(2)14-4-6(7,8(10)11)9(12)13/h3,5H,1,4H2,2H3. The van der Waals surface area contributed by atoms with Crippen LogP contribution in [0.3, 0.4) is 0 Å². The second-order valence-corrected chi connectivity index (χ2v) is 2.48. The van der Waals surface area contributed by atoms with Crippen LogP contribution in [0.15, 0.2) is 12.7 Å². The second-order valence-electron chi connectivity index (χ2n) is 2.48. The summed E-state index contributed by atoms with van der Waals surface area (Å²) in [4.78, 5) is 16.8. The Kier molecular flexibility index (Phi) is 4.09. The highest BCUT2D eigenvalue weighted by Crippen LogP contribution is 2.14. The summed E-state index contributed by atoms with van der Waals surface area (Å²) >= 11 is 0. The van der Waals surface area contributed by atoms with Gasteiger partial charge in [-0.3, -0.25) is 20.2 Å². The maximum atomic E-state index is 13.0. The topological polar surface area (TPSA) is 95.5 Å². The van der Waals surface area contributed by atoms with Crippen molar-refractivity contribution in [1.82, 2.24) is 0 Å². The van der Waals surface area contributed by atoms with E-state index >= 15 is 0 Å². The normalized spacial score (nSPS) is 13.3. The van der Waals surface area contributed by atoms with Gasteiger partial charge in [-0.1, -0.05) is 10.5 Å². The van der Waals surface area contributed by atoms with E-state index in [-0.39, 0.29) is 0 Å². The van der Waals surface area contributed by atoms with E-state index in [9.17, 15) is 24.6 Å². The van der Waals surface area contributed by atoms with Crippen LogP contribution in [0, 0.1) is 20.2 Å². The fourth-order valence-electron chi connectivity index (χ4n) is 0.478. The lowest BCUT2D eigenvalue weighted by Crippen LogP contribution is -2.46. The highest BCUT2D eigenvalue weighted by Gasteiger charge is 2.58. The first kappa shape index (κ1) is 12.4. The molecule has 0 rings (SSSR count). The van der Waals surface area contributed by atoms with Crippen LogP contribution in [0.25, 0.3) is 0 Å². The van der Waals surface area contributed by atoms with E-state index < -0.39 is 28.5 Å². The molecule has 0 fully saturated rings. The Hall–Kier alpha value is -1.57. The third-order valence-electron chi connectivity index (χ3n) is 1.42. The summed E-state index contributed by atoms with van der Waals surface area (Å²) in [7, 11) is 0. The zero-order valence-electron chi connectivity index (χ0n) is 7.38. The summed E-state index contributed by atoms with van der Waals surface area (Å²) in [6, 6.07) is 0. The van der Waals surface area contributed by atoms with Gasteiger partial charge in [0, 0.05) is 0 Å². The van der Waals surface area contributed by atoms with Gasteiger partial charge in [-0.2, -0.15) is 0 Å². The largest absolute Gasteiger partial charge is 0.637 e. The molecule has 1 unspecified atom stereocenters. The number of nitro groups is 2. The first-order chi connectivity index (χ1) is 6.34. The number of ether oxygens (including phenoxy) is 1. The molecule has 80 valence electrons. The monoisotopic (exact) mass is 208 g/mol. The van der Waals surface area contributed by atoms with Gasteiger partial charge in [0.2, 0.25) is 6.61 Å². The van der Waals surface area contributed by atoms with E-state index in [1.807, 2.05) is 0 Å². The lowest BCUT2D eigenvalue weighted by molar-refractivity contribution is -0.833. The van der Waals surface area contributed by atoms with E-state index in [0.717, 1.165) is 0 Å². The van der Waals surface area contributed by atoms with Gasteiger partial charge in [0.1, 0.15) is 9.85 Å². The Morgan fingerprint density at radius 2 is 2.00 bits per heavy atom. The third kappa shape index (κ3) is 2.73. The molecule has 0 aromatic heterocycles. The number of hydrogen-bond donors (Lipinski definition) is 0. The van der Waals surface area contributed by atoms with Crippen LogP contribution >= 0.6 is 0 Å². The van der Waals surface area contributed by atoms with Crippen LogP contribution < -0.4 is 0 Å². The lowest BCUT2D eigenvalue weighted by Gasteiger charge is -2.10. The molecule has 0 spiro atoms. The summed E-state index contributed by atoms with van der Waals surface area (Å²) in [6.45, 7) is 3.44. The molecule has 0 aromatic carbocycles. The predicted molar refractivity (Wildman–Crippen MR) is 43.4 cm³/mol. The minimum atomic E-state index is -3.79. The quantitative estimate of drug-likeness (QED) is 0.211. The van der Waals surface area contributed by atoms with Gasteiger partial charge in [-0.05, 0) is 6.92 Å². The summed E-state index contributed by atoms with van der Waals surface area (Å²) in [5.41, 5.74) is 0. The summed E-state index contributed by atoms with van der Waals surface area (Å²) in [5.74, 6) is -3.79. The molecule has 0 N–H and O–H groups in total. The average Bonchev–Trinajstić information content (AvgIpc) is 2.12. The molecule has 0 aromatic rings. The van der Waals surface area contributed by atoms with E-state index in [1.165, 1.54) is 13.0 Å². The molecule has 0 aliphatic heterocycles. The average molecular weight is 208 g/mol. The number of rotatable bonds is 6. The van der Waals surface area contributed by atoms with Crippen molar-refractivity contribution >= 4 is 0 Å². The van der Waals surface area contributed by atoms with Gasteiger partial charge in [0.25, 0.3) is 0 Å². The Labute approximate surface area is 78.5 Å². The van der Waals surface area contributed by atoms with E-state index in [1.54, 1.807) is 0 Å². The maximum absolute atomic E-state index is 13.0. The van der Waals surface area contributed by atoms with E-state index in [4.69, 9.17) is 0 Å². The SMILES string of the molecule is C=CC(C)OCC(F)([N+](=O)[O-])[N+](=O)[O-]. The molecule has 8 heteroatoms. The second kappa shape index (κ2) is 4.61. The van der Waals surface area contributed by atoms with Crippen molar-refractivity contribution in [2.24, 2.45) is 0 Å². The van der Waals surface area contributed by atoms with Gasteiger partial charge in [-0.15, -0.1) is 6.58 Å². The highest BCUT2D eigenvalue weighted by molar-refractivity contribution is 4.75. The molecule has 14 heavy (non-hydrogen) atoms. The highest BCUT2D eigenvalue weighted by atomic mass is 19.2. The smallest absolute Gasteiger partial charge is 0.356 e. The Morgan fingerprint density at radius 1 is 1.57 bits per heavy atom.